The highest BCUT2D eigenvalue weighted by Crippen LogP contribution is 2.44. The summed E-state index contributed by atoms with van der Waals surface area (Å²) >= 11 is 0. The molecule has 228 valence electrons. The van der Waals surface area contributed by atoms with E-state index >= 15 is 0 Å². The summed E-state index contributed by atoms with van der Waals surface area (Å²) in [5, 5.41) is 2.49. The van der Waals surface area contributed by atoms with Gasteiger partial charge >= 0.3 is 19.2 Å². The molecule has 0 aromatic heterocycles. The Morgan fingerprint density at radius 3 is 2.07 bits per heavy atom. The molecule has 1 heterocycles. The number of carbonyl (C=O) groups is 2. The fraction of sp³-hybridized carbons (Fsp3) is 0.375. The van der Waals surface area contributed by atoms with Gasteiger partial charge in [-0.2, -0.15) is 0 Å². The minimum Gasteiger partial charge on any atom is -0.448 e. The van der Waals surface area contributed by atoms with Gasteiger partial charge in [-0.3, -0.25) is 10.2 Å². The second kappa shape index (κ2) is 12.0. The predicted octanol–water partition coefficient (Wildman–Crippen LogP) is 6.46. The zero-order valence-corrected chi connectivity index (χ0v) is 24.8. The van der Waals surface area contributed by atoms with Gasteiger partial charge in [-0.25, -0.2) is 9.59 Å². The van der Waals surface area contributed by atoms with Gasteiger partial charge in [0.25, 0.3) is 0 Å². The van der Waals surface area contributed by atoms with Gasteiger partial charge in [0.1, 0.15) is 12.2 Å². The molecule has 0 unspecified atom stereocenters. The van der Waals surface area contributed by atoms with Crippen LogP contribution in [0, 0.1) is 6.92 Å². The number of ether oxygens (including phenoxy) is 2. The number of amides is 2. The summed E-state index contributed by atoms with van der Waals surface area (Å²) in [6, 6.07) is 18.4. The molecule has 7 nitrogen and oxygen atoms in total. The van der Waals surface area contributed by atoms with Gasteiger partial charge in [-0.05, 0) is 61.1 Å². The Labute approximate surface area is 250 Å². The molecule has 1 fully saturated rings. The van der Waals surface area contributed by atoms with E-state index in [1.807, 2.05) is 29.2 Å². The van der Waals surface area contributed by atoms with E-state index in [0.29, 0.717) is 37.3 Å². The molecule has 2 aliphatic rings. The van der Waals surface area contributed by atoms with E-state index in [4.69, 9.17) is 9.47 Å². The van der Waals surface area contributed by atoms with Gasteiger partial charge in [0, 0.05) is 44.3 Å². The highest BCUT2D eigenvalue weighted by molar-refractivity contribution is 6.73. The number of hydrogen-bond donors (Lipinski definition) is 1. The number of fused-ring (bicyclic) bond motifs is 3. The second-order valence-electron chi connectivity index (χ2n) is 12.1. The number of piperazine rings is 1. The topological polar surface area (TPSA) is 71.1 Å². The van der Waals surface area contributed by atoms with Gasteiger partial charge in [-0.1, -0.05) is 60.7 Å². The molecule has 2 amide bonds. The Hall–Kier alpha value is -3.99. The summed E-state index contributed by atoms with van der Waals surface area (Å²) < 4.78 is 52.4. The SMILES string of the molecule is Cc1c(CN2CCN(C(=O)OCC3c4ccccc4-c4ccccc43)CC2)cc([B-](F)(F)F)cc1NC(=O)OC(C)(C)C. The van der Waals surface area contributed by atoms with Crippen molar-refractivity contribution in [1.29, 1.82) is 0 Å². The van der Waals surface area contributed by atoms with Crippen molar-refractivity contribution in [3.05, 3.63) is 82.9 Å². The van der Waals surface area contributed by atoms with Crippen LogP contribution in [0.15, 0.2) is 60.7 Å². The van der Waals surface area contributed by atoms with Crippen LogP contribution in [0.1, 0.15) is 48.9 Å². The molecule has 3 aromatic carbocycles. The molecule has 3 aromatic rings. The van der Waals surface area contributed by atoms with Crippen LogP contribution in [0.5, 0.6) is 0 Å². The first-order chi connectivity index (χ1) is 20.3. The fourth-order valence-electron chi connectivity index (χ4n) is 5.71. The molecule has 1 aliphatic carbocycles. The lowest BCUT2D eigenvalue weighted by atomic mass is 9.78. The summed E-state index contributed by atoms with van der Waals surface area (Å²) in [5.74, 6) is -0.0355. The first-order valence-corrected chi connectivity index (χ1v) is 14.5. The zero-order chi connectivity index (χ0) is 30.9. The molecule has 0 bridgehead atoms. The molecule has 11 heteroatoms. The Bertz CT molecular complexity index is 1470. The average Bonchev–Trinajstić information content (AvgIpc) is 3.26. The van der Waals surface area contributed by atoms with E-state index in [-0.39, 0.29) is 24.8 Å². The first kappa shape index (κ1) is 30.5. The lowest BCUT2D eigenvalue weighted by Gasteiger charge is -2.35. The number of benzene rings is 3. The molecule has 1 saturated heterocycles. The molecule has 0 spiro atoms. The standard InChI is InChI=1S/C32H36BF3N3O4/c1-21-22(17-23(33(34,35)36)18-29(21)37-30(40)43-32(2,3)4)19-38-13-15-39(16-14-38)31(41)42-20-28-26-11-7-5-9-24(26)25-10-6-8-12-27(25)28/h5-12,17-18,28H,13-16,19-20H2,1-4H3,(H,37,40)/q-1. The maximum absolute atomic E-state index is 13.8. The largest absolute Gasteiger partial charge is 0.509 e. The lowest BCUT2D eigenvalue weighted by Crippen LogP contribution is -2.48. The Morgan fingerprint density at radius 1 is 0.930 bits per heavy atom. The molecule has 0 atom stereocenters. The summed E-state index contributed by atoms with van der Waals surface area (Å²) in [6.07, 6.45) is -1.21. The third-order valence-corrected chi connectivity index (χ3v) is 7.91. The van der Waals surface area contributed by atoms with Crippen molar-refractivity contribution in [2.24, 2.45) is 0 Å². The van der Waals surface area contributed by atoms with Crippen LogP contribution >= 0.6 is 0 Å². The van der Waals surface area contributed by atoms with Crippen LogP contribution < -0.4 is 10.8 Å². The molecule has 1 aliphatic heterocycles. The van der Waals surface area contributed by atoms with Crippen LogP contribution in [0.3, 0.4) is 0 Å². The number of rotatable bonds is 6. The van der Waals surface area contributed by atoms with Gasteiger partial charge in [0.15, 0.2) is 0 Å². The fourth-order valence-corrected chi connectivity index (χ4v) is 5.71. The van der Waals surface area contributed by atoms with E-state index in [2.05, 4.69) is 29.6 Å². The normalized spacial score (nSPS) is 15.6. The maximum atomic E-state index is 13.8. The average molecular weight is 594 g/mol. The second-order valence-corrected chi connectivity index (χ2v) is 12.1. The zero-order valence-electron chi connectivity index (χ0n) is 24.8. The van der Waals surface area contributed by atoms with Crippen LogP contribution in [-0.4, -0.2) is 67.4 Å². The minimum atomic E-state index is -5.29. The number of nitrogens with one attached hydrogen (secondary N) is 1. The van der Waals surface area contributed by atoms with Crippen molar-refractivity contribution in [1.82, 2.24) is 9.80 Å². The van der Waals surface area contributed by atoms with Gasteiger partial charge < -0.3 is 27.3 Å². The molecule has 1 N–H and O–H groups in total. The van der Waals surface area contributed by atoms with Crippen LogP contribution in [-0.2, 0) is 16.0 Å². The van der Waals surface area contributed by atoms with Crippen molar-refractivity contribution >= 4 is 30.3 Å². The Balaban J connectivity index is 1.21. The summed E-state index contributed by atoms with van der Waals surface area (Å²) in [6.45, 7) is 3.64. The monoisotopic (exact) mass is 594 g/mol. The maximum Gasteiger partial charge on any atom is 0.509 e. The van der Waals surface area contributed by atoms with Crippen molar-refractivity contribution in [2.75, 3.05) is 38.1 Å². The molecule has 0 saturated carbocycles. The first-order valence-electron chi connectivity index (χ1n) is 14.5. The van der Waals surface area contributed by atoms with Gasteiger partial charge in [0.2, 0.25) is 0 Å². The molecule has 43 heavy (non-hydrogen) atoms. The Morgan fingerprint density at radius 2 is 1.51 bits per heavy atom. The number of nitrogens with zero attached hydrogens (tertiary/aromatic N) is 2. The molecular weight excluding hydrogens is 558 g/mol. The summed E-state index contributed by atoms with van der Waals surface area (Å²) in [4.78, 5) is 29.0. The summed E-state index contributed by atoms with van der Waals surface area (Å²) in [7, 11) is 0. The van der Waals surface area contributed by atoms with E-state index in [9.17, 15) is 22.5 Å². The molecule has 5 rings (SSSR count). The highest BCUT2D eigenvalue weighted by Gasteiger charge is 2.31. The Kier molecular flexibility index (Phi) is 8.47. The van der Waals surface area contributed by atoms with Crippen LogP contribution in [0.4, 0.5) is 28.2 Å². The van der Waals surface area contributed by atoms with E-state index < -0.39 is 30.2 Å². The number of anilines is 1. The van der Waals surface area contributed by atoms with E-state index in [1.54, 1.807) is 32.6 Å². The minimum absolute atomic E-state index is 0.0355. The highest BCUT2D eigenvalue weighted by atomic mass is 19.4. The van der Waals surface area contributed by atoms with Crippen molar-refractivity contribution in [3.63, 3.8) is 0 Å². The van der Waals surface area contributed by atoms with Crippen LogP contribution in [0.2, 0.25) is 0 Å². The predicted molar refractivity (Wildman–Crippen MR) is 162 cm³/mol. The lowest BCUT2D eigenvalue weighted by molar-refractivity contribution is 0.0635. The van der Waals surface area contributed by atoms with Crippen molar-refractivity contribution in [2.45, 2.75) is 45.8 Å². The third-order valence-electron chi connectivity index (χ3n) is 7.91. The van der Waals surface area contributed by atoms with E-state index in [0.717, 1.165) is 34.4 Å². The number of halogens is 3. The molecule has 0 radical (unpaired) electrons. The molecular formula is C32H36BF3N3O4-. The quantitative estimate of drug-likeness (QED) is 0.332. The van der Waals surface area contributed by atoms with Crippen molar-refractivity contribution in [3.8, 4) is 11.1 Å². The smallest absolute Gasteiger partial charge is 0.448 e. The van der Waals surface area contributed by atoms with Gasteiger partial charge in [-0.15, -0.1) is 5.46 Å². The summed E-state index contributed by atoms with van der Waals surface area (Å²) in [5.41, 5.74) is 4.07. The van der Waals surface area contributed by atoms with Gasteiger partial charge in [0.05, 0.1) is 0 Å². The van der Waals surface area contributed by atoms with Crippen LogP contribution in [0.25, 0.3) is 11.1 Å². The number of hydrogen-bond acceptors (Lipinski definition) is 5. The number of carbonyl (C=O) groups excluding carboxylic acids is 2. The van der Waals surface area contributed by atoms with Crippen molar-refractivity contribution < 1.29 is 32.0 Å². The van der Waals surface area contributed by atoms with E-state index in [1.165, 1.54) is 0 Å². The third kappa shape index (κ3) is 6.99.